The Morgan fingerprint density at radius 3 is 2.68 bits per heavy atom. The van der Waals surface area contributed by atoms with Crippen LogP contribution in [-0.2, 0) is 11.2 Å². The van der Waals surface area contributed by atoms with Crippen molar-refractivity contribution in [3.05, 3.63) is 66.2 Å². The molecule has 0 saturated carbocycles. The van der Waals surface area contributed by atoms with Crippen LogP contribution in [0.25, 0.3) is 11.4 Å². The maximum atomic E-state index is 5.15. The molecule has 1 unspecified atom stereocenters. The number of anilines is 3. The maximum absolute atomic E-state index is 5.15. The first kappa shape index (κ1) is 18.4. The highest BCUT2D eigenvalue weighted by Gasteiger charge is 2.28. The number of ether oxygens (including phenoxy) is 1. The van der Waals surface area contributed by atoms with Crippen molar-refractivity contribution in [1.82, 2.24) is 9.97 Å². The van der Waals surface area contributed by atoms with Gasteiger partial charge in [-0.2, -0.15) is 0 Å². The SMILES string of the molecule is COCCCNc1cc(N2c3ccccc3CC2C)nc(-c2ccccc2)n1. The fourth-order valence-electron chi connectivity index (χ4n) is 3.71. The Hall–Kier alpha value is -2.92. The van der Waals surface area contributed by atoms with Gasteiger partial charge in [-0.1, -0.05) is 48.5 Å². The molecule has 0 spiro atoms. The monoisotopic (exact) mass is 374 g/mol. The lowest BCUT2D eigenvalue weighted by Crippen LogP contribution is -2.25. The van der Waals surface area contributed by atoms with Crippen LogP contribution in [0.4, 0.5) is 17.3 Å². The van der Waals surface area contributed by atoms with Gasteiger partial charge in [-0.3, -0.25) is 0 Å². The molecule has 5 heteroatoms. The number of rotatable bonds is 7. The highest BCUT2D eigenvalue weighted by atomic mass is 16.5. The van der Waals surface area contributed by atoms with Crippen molar-refractivity contribution >= 4 is 17.3 Å². The first-order chi connectivity index (χ1) is 13.8. The topological polar surface area (TPSA) is 50.3 Å². The number of methoxy groups -OCH3 is 1. The molecule has 144 valence electrons. The summed E-state index contributed by atoms with van der Waals surface area (Å²) in [5.41, 5.74) is 3.62. The highest BCUT2D eigenvalue weighted by molar-refractivity contribution is 5.72. The summed E-state index contributed by atoms with van der Waals surface area (Å²) in [6.07, 6.45) is 1.96. The first-order valence-corrected chi connectivity index (χ1v) is 9.80. The third kappa shape index (κ3) is 3.85. The second-order valence-corrected chi connectivity index (χ2v) is 7.13. The number of hydrogen-bond donors (Lipinski definition) is 1. The van der Waals surface area contributed by atoms with Crippen LogP contribution in [0.3, 0.4) is 0 Å². The molecule has 0 aliphatic carbocycles. The average Bonchev–Trinajstić information content (AvgIpc) is 3.07. The zero-order chi connectivity index (χ0) is 19.3. The summed E-state index contributed by atoms with van der Waals surface area (Å²) in [6, 6.07) is 21.1. The summed E-state index contributed by atoms with van der Waals surface area (Å²) >= 11 is 0. The zero-order valence-corrected chi connectivity index (χ0v) is 16.4. The number of nitrogens with zero attached hydrogens (tertiary/aromatic N) is 3. The van der Waals surface area contributed by atoms with Crippen LogP contribution in [0, 0.1) is 0 Å². The van der Waals surface area contributed by atoms with E-state index < -0.39 is 0 Å². The van der Waals surface area contributed by atoms with E-state index in [1.54, 1.807) is 7.11 Å². The lowest BCUT2D eigenvalue weighted by atomic mass is 10.1. The molecular weight excluding hydrogens is 348 g/mol. The summed E-state index contributed by atoms with van der Waals surface area (Å²) in [5, 5.41) is 3.43. The molecule has 4 rings (SSSR count). The lowest BCUT2D eigenvalue weighted by molar-refractivity contribution is 0.198. The molecule has 5 nitrogen and oxygen atoms in total. The van der Waals surface area contributed by atoms with Crippen molar-refractivity contribution in [1.29, 1.82) is 0 Å². The zero-order valence-electron chi connectivity index (χ0n) is 16.4. The van der Waals surface area contributed by atoms with Gasteiger partial charge in [-0.25, -0.2) is 9.97 Å². The molecule has 1 atom stereocenters. The van der Waals surface area contributed by atoms with Gasteiger partial charge in [-0.05, 0) is 31.4 Å². The van der Waals surface area contributed by atoms with Crippen LogP contribution in [-0.4, -0.2) is 36.3 Å². The predicted octanol–water partition coefficient (Wildman–Crippen LogP) is 4.67. The number of para-hydroxylation sites is 1. The minimum Gasteiger partial charge on any atom is -0.385 e. The van der Waals surface area contributed by atoms with Gasteiger partial charge in [-0.15, -0.1) is 0 Å². The summed E-state index contributed by atoms with van der Waals surface area (Å²) in [5.74, 6) is 2.51. The Bertz CT molecular complexity index is 929. The van der Waals surface area contributed by atoms with Crippen molar-refractivity contribution in [2.75, 3.05) is 30.5 Å². The Morgan fingerprint density at radius 1 is 1.07 bits per heavy atom. The van der Waals surface area contributed by atoms with Crippen LogP contribution in [0.5, 0.6) is 0 Å². The van der Waals surface area contributed by atoms with Crippen LogP contribution >= 0.6 is 0 Å². The molecule has 1 aliphatic rings. The summed E-state index contributed by atoms with van der Waals surface area (Å²) in [4.78, 5) is 12.0. The normalized spacial score (nSPS) is 15.5. The quantitative estimate of drug-likeness (QED) is 0.609. The average molecular weight is 374 g/mol. The van der Waals surface area contributed by atoms with E-state index in [-0.39, 0.29) is 0 Å². The molecular formula is C23H26N4O. The third-order valence-electron chi connectivity index (χ3n) is 5.03. The van der Waals surface area contributed by atoms with Gasteiger partial charge in [0.2, 0.25) is 0 Å². The third-order valence-corrected chi connectivity index (χ3v) is 5.03. The predicted molar refractivity (Wildman–Crippen MR) is 114 cm³/mol. The van der Waals surface area contributed by atoms with Gasteiger partial charge < -0.3 is 15.0 Å². The smallest absolute Gasteiger partial charge is 0.163 e. The molecule has 2 heterocycles. The van der Waals surface area contributed by atoms with Crippen LogP contribution in [0.15, 0.2) is 60.7 Å². The van der Waals surface area contributed by atoms with Crippen molar-refractivity contribution in [3.8, 4) is 11.4 Å². The van der Waals surface area contributed by atoms with Crippen molar-refractivity contribution in [3.63, 3.8) is 0 Å². The van der Waals surface area contributed by atoms with Crippen molar-refractivity contribution in [2.24, 2.45) is 0 Å². The van der Waals surface area contributed by atoms with Crippen molar-refractivity contribution < 1.29 is 4.74 Å². The Morgan fingerprint density at radius 2 is 1.86 bits per heavy atom. The summed E-state index contributed by atoms with van der Waals surface area (Å²) in [6.45, 7) is 3.79. The first-order valence-electron chi connectivity index (χ1n) is 9.80. The van der Waals surface area contributed by atoms with E-state index in [0.29, 0.717) is 6.04 Å². The number of aromatic nitrogens is 2. The minimum atomic E-state index is 0.359. The molecule has 0 fully saturated rings. The van der Waals surface area contributed by atoms with Gasteiger partial charge in [0.1, 0.15) is 11.6 Å². The molecule has 0 bridgehead atoms. The second kappa shape index (κ2) is 8.40. The van der Waals surface area contributed by atoms with E-state index in [1.165, 1.54) is 11.3 Å². The molecule has 1 aliphatic heterocycles. The highest BCUT2D eigenvalue weighted by Crippen LogP contribution is 2.38. The van der Waals surface area contributed by atoms with Gasteiger partial charge in [0, 0.05) is 43.6 Å². The molecule has 28 heavy (non-hydrogen) atoms. The fraction of sp³-hybridized carbons (Fsp3) is 0.304. The van der Waals surface area contributed by atoms with E-state index >= 15 is 0 Å². The van der Waals surface area contributed by atoms with E-state index in [0.717, 1.165) is 49.0 Å². The van der Waals surface area contributed by atoms with Gasteiger partial charge in [0.05, 0.1) is 0 Å². The van der Waals surface area contributed by atoms with Crippen LogP contribution in [0.2, 0.25) is 0 Å². The standard InChI is InChI=1S/C23H26N4O/c1-17-15-19-11-6-7-12-20(19)27(17)22-16-21(24-13-8-14-28-2)25-23(26-22)18-9-4-3-5-10-18/h3-7,9-12,16-17H,8,13-15H2,1-2H3,(H,24,25,26). The Labute approximate surface area is 166 Å². The van der Waals surface area contributed by atoms with E-state index in [9.17, 15) is 0 Å². The minimum absolute atomic E-state index is 0.359. The number of nitrogens with one attached hydrogen (secondary N) is 1. The molecule has 2 aromatic carbocycles. The van der Waals surface area contributed by atoms with E-state index in [2.05, 4.69) is 59.6 Å². The van der Waals surface area contributed by atoms with Crippen LogP contribution < -0.4 is 10.2 Å². The molecule has 0 radical (unpaired) electrons. The Kier molecular flexibility index (Phi) is 5.53. The van der Waals surface area contributed by atoms with Gasteiger partial charge >= 0.3 is 0 Å². The Balaban J connectivity index is 1.72. The molecule has 1 N–H and O–H groups in total. The van der Waals surface area contributed by atoms with E-state index in [4.69, 9.17) is 14.7 Å². The number of hydrogen-bond acceptors (Lipinski definition) is 5. The van der Waals surface area contributed by atoms with Gasteiger partial charge in [0.25, 0.3) is 0 Å². The summed E-state index contributed by atoms with van der Waals surface area (Å²) in [7, 11) is 1.72. The van der Waals surface area contributed by atoms with E-state index in [1.807, 2.05) is 18.2 Å². The molecule has 3 aromatic rings. The van der Waals surface area contributed by atoms with Crippen molar-refractivity contribution in [2.45, 2.75) is 25.8 Å². The largest absolute Gasteiger partial charge is 0.385 e. The molecule has 0 saturated heterocycles. The lowest BCUT2D eigenvalue weighted by Gasteiger charge is -2.25. The molecule has 1 aromatic heterocycles. The number of fused-ring (bicyclic) bond motifs is 1. The molecule has 0 amide bonds. The van der Waals surface area contributed by atoms with Gasteiger partial charge in [0.15, 0.2) is 5.82 Å². The maximum Gasteiger partial charge on any atom is 0.163 e. The second-order valence-electron chi connectivity index (χ2n) is 7.13. The summed E-state index contributed by atoms with van der Waals surface area (Å²) < 4.78 is 5.15. The fourth-order valence-corrected chi connectivity index (χ4v) is 3.71. The van der Waals surface area contributed by atoms with Crippen LogP contribution in [0.1, 0.15) is 18.9 Å². The number of benzene rings is 2.